The van der Waals surface area contributed by atoms with Gasteiger partial charge in [-0.1, -0.05) is 46.3 Å². The maximum atomic E-state index is 12.3. The number of nitrogen functional groups attached to an aromatic ring is 1. The number of nitrogens with zero attached hydrogens (tertiary/aromatic N) is 2. The molecule has 0 atom stereocenters. The Kier molecular flexibility index (Phi) is 5.87. The van der Waals surface area contributed by atoms with Crippen LogP contribution in [-0.2, 0) is 6.61 Å². The fraction of sp³-hybridized carbons (Fsp3) is 0.0952. The first kappa shape index (κ1) is 20.0. The minimum absolute atomic E-state index is 0.0138. The number of benzene rings is 2. The van der Waals surface area contributed by atoms with Crippen LogP contribution in [-0.4, -0.2) is 12.1 Å². The van der Waals surface area contributed by atoms with Gasteiger partial charge in [-0.25, -0.2) is 0 Å². The topological polar surface area (TPSA) is 125 Å². The number of hydrogen-bond acceptors (Lipinski definition) is 6. The summed E-state index contributed by atoms with van der Waals surface area (Å²) in [5.74, 6) is 0.566. The minimum atomic E-state index is -0.682. The fourth-order valence-electron chi connectivity index (χ4n) is 2.90. The van der Waals surface area contributed by atoms with Gasteiger partial charge in [-0.3, -0.25) is 4.79 Å². The van der Waals surface area contributed by atoms with Gasteiger partial charge in [-0.2, -0.15) is 10.5 Å². The molecule has 0 aliphatic rings. The van der Waals surface area contributed by atoms with Crippen molar-refractivity contribution >= 4 is 21.7 Å². The summed E-state index contributed by atoms with van der Waals surface area (Å²) >= 11 is 3.47. The SMILES string of the molecule is COc1cccc(-c2c(C#N)c(N)[nH]c(=O)c2C#N)c1OCc1ccccc1Br. The zero-order valence-electron chi connectivity index (χ0n) is 15.3. The van der Waals surface area contributed by atoms with Crippen molar-refractivity contribution in [3.05, 3.63) is 74.0 Å². The lowest BCUT2D eigenvalue weighted by Gasteiger charge is -2.17. The van der Waals surface area contributed by atoms with E-state index in [0.717, 1.165) is 10.0 Å². The number of rotatable bonds is 5. The average Bonchev–Trinajstić information content (AvgIpc) is 2.72. The largest absolute Gasteiger partial charge is 0.493 e. The molecule has 0 saturated carbocycles. The fourth-order valence-corrected chi connectivity index (χ4v) is 3.30. The molecule has 0 aliphatic heterocycles. The Hall–Kier alpha value is -3.75. The van der Waals surface area contributed by atoms with E-state index >= 15 is 0 Å². The monoisotopic (exact) mass is 450 g/mol. The Balaban J connectivity index is 2.23. The number of ether oxygens (including phenoxy) is 2. The summed E-state index contributed by atoms with van der Waals surface area (Å²) in [6.07, 6.45) is 0. The predicted octanol–water partition coefficient (Wildman–Crippen LogP) is 3.72. The van der Waals surface area contributed by atoms with Crippen LogP contribution in [0.15, 0.2) is 51.7 Å². The second-order valence-electron chi connectivity index (χ2n) is 5.93. The van der Waals surface area contributed by atoms with Gasteiger partial charge in [0.25, 0.3) is 5.56 Å². The molecule has 3 aromatic rings. The Morgan fingerprint density at radius 1 is 1.10 bits per heavy atom. The van der Waals surface area contributed by atoms with Crippen LogP contribution < -0.4 is 20.8 Å². The smallest absolute Gasteiger partial charge is 0.268 e. The number of aromatic nitrogens is 1. The Bertz CT molecular complexity index is 1220. The number of pyridine rings is 1. The molecule has 29 heavy (non-hydrogen) atoms. The van der Waals surface area contributed by atoms with Gasteiger partial charge in [0.2, 0.25) is 0 Å². The van der Waals surface area contributed by atoms with Crippen molar-refractivity contribution in [2.24, 2.45) is 0 Å². The number of para-hydroxylation sites is 1. The highest BCUT2D eigenvalue weighted by atomic mass is 79.9. The molecule has 0 aliphatic carbocycles. The van der Waals surface area contributed by atoms with E-state index in [-0.39, 0.29) is 29.1 Å². The molecule has 2 aromatic carbocycles. The molecular formula is C21H15BrN4O3. The first-order valence-electron chi connectivity index (χ1n) is 8.41. The van der Waals surface area contributed by atoms with E-state index < -0.39 is 5.56 Å². The van der Waals surface area contributed by atoms with Crippen LogP contribution in [0.5, 0.6) is 11.5 Å². The summed E-state index contributed by atoms with van der Waals surface area (Å²) in [6, 6.07) is 16.4. The molecule has 0 bridgehead atoms. The highest BCUT2D eigenvalue weighted by Crippen LogP contribution is 2.41. The number of nitrogens with two attached hydrogens (primary N) is 1. The van der Waals surface area contributed by atoms with E-state index in [0.29, 0.717) is 17.1 Å². The van der Waals surface area contributed by atoms with Crippen LogP contribution >= 0.6 is 15.9 Å². The third kappa shape index (κ3) is 3.79. The summed E-state index contributed by atoms with van der Waals surface area (Å²) in [4.78, 5) is 14.6. The van der Waals surface area contributed by atoms with E-state index in [1.54, 1.807) is 18.2 Å². The lowest BCUT2D eigenvalue weighted by Crippen LogP contribution is -2.16. The first-order valence-corrected chi connectivity index (χ1v) is 9.20. The molecule has 0 spiro atoms. The van der Waals surface area contributed by atoms with Gasteiger partial charge < -0.3 is 20.2 Å². The van der Waals surface area contributed by atoms with Crippen molar-refractivity contribution in [2.45, 2.75) is 6.61 Å². The van der Waals surface area contributed by atoms with Gasteiger partial charge >= 0.3 is 0 Å². The van der Waals surface area contributed by atoms with E-state index in [4.69, 9.17) is 15.2 Å². The van der Waals surface area contributed by atoms with Crippen LogP contribution in [0, 0.1) is 22.7 Å². The van der Waals surface area contributed by atoms with Gasteiger partial charge in [0.1, 0.15) is 35.7 Å². The lowest BCUT2D eigenvalue weighted by molar-refractivity contribution is 0.285. The second-order valence-corrected chi connectivity index (χ2v) is 6.79. The van der Waals surface area contributed by atoms with E-state index in [1.807, 2.05) is 36.4 Å². The molecule has 1 heterocycles. The number of hydrogen-bond donors (Lipinski definition) is 2. The third-order valence-electron chi connectivity index (χ3n) is 4.27. The van der Waals surface area contributed by atoms with Crippen molar-refractivity contribution in [1.29, 1.82) is 10.5 Å². The van der Waals surface area contributed by atoms with Crippen molar-refractivity contribution in [1.82, 2.24) is 4.98 Å². The molecule has 3 N–H and O–H groups in total. The number of nitrogens with one attached hydrogen (secondary N) is 1. The minimum Gasteiger partial charge on any atom is -0.493 e. The van der Waals surface area contributed by atoms with Gasteiger partial charge in [0.05, 0.1) is 7.11 Å². The maximum Gasteiger partial charge on any atom is 0.268 e. The number of nitriles is 2. The quantitative estimate of drug-likeness (QED) is 0.609. The van der Waals surface area contributed by atoms with Crippen LogP contribution in [0.4, 0.5) is 5.82 Å². The molecule has 0 saturated heterocycles. The van der Waals surface area contributed by atoms with Crippen molar-refractivity contribution in [2.75, 3.05) is 12.8 Å². The molecule has 144 valence electrons. The van der Waals surface area contributed by atoms with Crippen molar-refractivity contribution in [3.8, 4) is 34.8 Å². The number of anilines is 1. The summed E-state index contributed by atoms with van der Waals surface area (Å²) < 4.78 is 12.3. The standard InChI is InChI=1S/C21H15BrN4O3/c1-28-17-8-4-6-13(19(17)29-11-12-5-2-3-7-16(12)22)18-14(9-23)20(25)26-21(27)15(18)10-24/h2-8H,11H2,1H3,(H3,25,26,27). The van der Waals surface area contributed by atoms with Gasteiger partial charge in [-0.15, -0.1) is 0 Å². The highest BCUT2D eigenvalue weighted by Gasteiger charge is 2.23. The molecule has 0 amide bonds. The Morgan fingerprint density at radius 3 is 2.48 bits per heavy atom. The molecule has 1 aromatic heterocycles. The Morgan fingerprint density at radius 2 is 1.83 bits per heavy atom. The Labute approximate surface area is 175 Å². The molecule has 3 rings (SSSR count). The van der Waals surface area contributed by atoms with Crippen molar-refractivity contribution < 1.29 is 9.47 Å². The number of halogens is 1. The molecular weight excluding hydrogens is 436 g/mol. The normalized spacial score (nSPS) is 10.1. The van der Waals surface area contributed by atoms with Crippen LogP contribution in [0.2, 0.25) is 0 Å². The van der Waals surface area contributed by atoms with Gasteiger partial charge in [0, 0.05) is 21.2 Å². The van der Waals surface area contributed by atoms with Gasteiger partial charge in [0.15, 0.2) is 11.5 Å². The number of methoxy groups -OCH3 is 1. The number of H-pyrrole nitrogens is 1. The zero-order valence-corrected chi connectivity index (χ0v) is 16.9. The van der Waals surface area contributed by atoms with Crippen LogP contribution in [0.1, 0.15) is 16.7 Å². The average molecular weight is 451 g/mol. The second kappa shape index (κ2) is 8.51. The van der Waals surface area contributed by atoms with Crippen molar-refractivity contribution in [3.63, 3.8) is 0 Å². The maximum absolute atomic E-state index is 12.3. The summed E-state index contributed by atoms with van der Waals surface area (Å²) in [6.45, 7) is 0.192. The third-order valence-corrected chi connectivity index (χ3v) is 5.04. The lowest BCUT2D eigenvalue weighted by atomic mass is 9.95. The summed E-state index contributed by atoms with van der Waals surface area (Å²) in [5, 5.41) is 19.1. The summed E-state index contributed by atoms with van der Waals surface area (Å²) in [7, 11) is 1.48. The molecule has 7 nitrogen and oxygen atoms in total. The first-order chi connectivity index (χ1) is 14.0. The zero-order chi connectivity index (χ0) is 21.0. The predicted molar refractivity (Wildman–Crippen MR) is 111 cm³/mol. The molecule has 0 radical (unpaired) electrons. The molecule has 0 unspecified atom stereocenters. The van der Waals surface area contributed by atoms with E-state index in [1.165, 1.54) is 7.11 Å². The number of aromatic amines is 1. The van der Waals surface area contributed by atoms with Gasteiger partial charge in [-0.05, 0) is 12.1 Å². The van der Waals surface area contributed by atoms with Crippen LogP contribution in [0.25, 0.3) is 11.1 Å². The highest BCUT2D eigenvalue weighted by molar-refractivity contribution is 9.10. The molecule has 8 heteroatoms. The van der Waals surface area contributed by atoms with Crippen LogP contribution in [0.3, 0.4) is 0 Å². The molecule has 0 fully saturated rings. The summed E-state index contributed by atoms with van der Waals surface area (Å²) in [5.41, 5.74) is 6.27. The van der Waals surface area contributed by atoms with E-state index in [2.05, 4.69) is 20.9 Å². The van der Waals surface area contributed by atoms with E-state index in [9.17, 15) is 15.3 Å².